The predicted octanol–water partition coefficient (Wildman–Crippen LogP) is 2.94. The van der Waals surface area contributed by atoms with Crippen LogP contribution in [0.3, 0.4) is 0 Å². The Labute approximate surface area is 97.7 Å². The van der Waals surface area contributed by atoms with Crippen LogP contribution in [-0.4, -0.2) is 18.4 Å². The van der Waals surface area contributed by atoms with Gasteiger partial charge in [-0.15, -0.1) is 11.3 Å². The maximum absolute atomic E-state index is 10.5. The van der Waals surface area contributed by atoms with Crippen molar-refractivity contribution in [3.05, 3.63) is 34.2 Å². The molecule has 0 amide bonds. The van der Waals surface area contributed by atoms with Gasteiger partial charge in [-0.2, -0.15) is 0 Å². The van der Waals surface area contributed by atoms with E-state index in [1.54, 1.807) is 7.11 Å². The minimum Gasteiger partial charge on any atom is -0.496 e. The number of aromatic nitrogens is 1. The smallest absolute Gasteiger partial charge is 0.178 e. The van der Waals surface area contributed by atoms with Gasteiger partial charge < -0.3 is 4.74 Å². The van der Waals surface area contributed by atoms with E-state index < -0.39 is 0 Å². The summed E-state index contributed by atoms with van der Waals surface area (Å²) in [4.78, 5) is 14.8. The third-order valence-electron chi connectivity index (χ3n) is 2.31. The molecule has 0 fully saturated rings. The molecule has 1 aromatic carbocycles. The van der Waals surface area contributed by atoms with Crippen LogP contribution >= 0.6 is 11.3 Å². The molecule has 4 heteroatoms. The van der Waals surface area contributed by atoms with Crippen molar-refractivity contribution in [2.24, 2.45) is 0 Å². The summed E-state index contributed by atoms with van der Waals surface area (Å²) in [7, 11) is 1.65. The van der Waals surface area contributed by atoms with Crippen LogP contribution in [0.2, 0.25) is 0 Å². The highest BCUT2D eigenvalue weighted by Crippen LogP contribution is 2.26. The third kappa shape index (κ3) is 1.97. The van der Waals surface area contributed by atoms with E-state index in [1.165, 1.54) is 11.3 Å². The molecule has 0 atom stereocenters. The number of carbonyl (C=O) groups is 1. The van der Waals surface area contributed by atoms with Crippen molar-refractivity contribution in [3.8, 4) is 17.0 Å². The van der Waals surface area contributed by atoms with Crippen LogP contribution < -0.4 is 4.74 Å². The zero-order valence-corrected chi connectivity index (χ0v) is 9.88. The lowest BCUT2D eigenvalue weighted by atomic mass is 10.1. The molecule has 0 saturated heterocycles. The number of aryl methyl sites for hydroxylation is 1. The largest absolute Gasteiger partial charge is 0.496 e. The fourth-order valence-corrected chi connectivity index (χ4v) is 2.14. The van der Waals surface area contributed by atoms with Crippen LogP contribution in [0.25, 0.3) is 11.3 Å². The summed E-state index contributed by atoms with van der Waals surface area (Å²) in [5.41, 5.74) is 2.89. The van der Waals surface area contributed by atoms with E-state index in [0.29, 0.717) is 5.01 Å². The molecular formula is C12H11NO2S. The number of ether oxygens (including phenoxy) is 1. The van der Waals surface area contributed by atoms with Crippen molar-refractivity contribution >= 4 is 17.6 Å². The van der Waals surface area contributed by atoms with Gasteiger partial charge in [0.05, 0.1) is 12.8 Å². The number of benzene rings is 1. The van der Waals surface area contributed by atoms with Gasteiger partial charge in [-0.1, -0.05) is 0 Å². The summed E-state index contributed by atoms with van der Waals surface area (Å²) < 4.78 is 5.19. The molecule has 0 aliphatic rings. The molecule has 82 valence electrons. The van der Waals surface area contributed by atoms with Crippen molar-refractivity contribution in [1.82, 2.24) is 4.98 Å². The SMILES string of the molecule is COc1ccc(-c2csc(C=O)n2)cc1C. The highest BCUT2D eigenvalue weighted by molar-refractivity contribution is 7.11. The summed E-state index contributed by atoms with van der Waals surface area (Å²) in [5.74, 6) is 0.856. The van der Waals surface area contributed by atoms with Gasteiger partial charge in [0.1, 0.15) is 5.75 Å². The molecule has 3 nitrogen and oxygen atoms in total. The van der Waals surface area contributed by atoms with E-state index >= 15 is 0 Å². The number of hydrogen-bond acceptors (Lipinski definition) is 4. The van der Waals surface area contributed by atoms with E-state index in [-0.39, 0.29) is 0 Å². The van der Waals surface area contributed by atoms with Crippen LogP contribution in [0, 0.1) is 6.92 Å². The summed E-state index contributed by atoms with van der Waals surface area (Å²) in [6, 6.07) is 5.85. The number of hydrogen-bond donors (Lipinski definition) is 0. The maximum Gasteiger partial charge on any atom is 0.178 e. The second kappa shape index (κ2) is 4.45. The van der Waals surface area contributed by atoms with Gasteiger partial charge >= 0.3 is 0 Å². The molecule has 0 N–H and O–H groups in total. The van der Waals surface area contributed by atoms with Crippen LogP contribution in [-0.2, 0) is 0 Å². The quantitative estimate of drug-likeness (QED) is 0.765. The Morgan fingerprint density at radius 1 is 1.44 bits per heavy atom. The number of aldehydes is 1. The molecular weight excluding hydrogens is 222 g/mol. The summed E-state index contributed by atoms with van der Waals surface area (Å²) in [6.07, 6.45) is 0.768. The molecule has 0 saturated carbocycles. The van der Waals surface area contributed by atoms with Crippen LogP contribution in [0.4, 0.5) is 0 Å². The predicted molar refractivity (Wildman–Crippen MR) is 64.2 cm³/mol. The van der Waals surface area contributed by atoms with Crippen LogP contribution in [0.5, 0.6) is 5.75 Å². The lowest BCUT2D eigenvalue weighted by Gasteiger charge is -2.05. The second-order valence-electron chi connectivity index (χ2n) is 3.37. The second-order valence-corrected chi connectivity index (χ2v) is 4.26. The monoisotopic (exact) mass is 233 g/mol. The highest BCUT2D eigenvalue weighted by atomic mass is 32.1. The zero-order valence-electron chi connectivity index (χ0n) is 9.06. The van der Waals surface area contributed by atoms with Gasteiger partial charge in [0.25, 0.3) is 0 Å². The Balaban J connectivity index is 2.40. The lowest BCUT2D eigenvalue weighted by molar-refractivity contribution is 0.112. The van der Waals surface area contributed by atoms with Gasteiger partial charge in [0.2, 0.25) is 0 Å². The average Bonchev–Trinajstić information content (AvgIpc) is 2.77. The fourth-order valence-electron chi connectivity index (χ4n) is 1.51. The lowest BCUT2D eigenvalue weighted by Crippen LogP contribution is -1.88. The maximum atomic E-state index is 10.5. The first-order chi connectivity index (χ1) is 7.74. The minimum absolute atomic E-state index is 0.503. The summed E-state index contributed by atoms with van der Waals surface area (Å²) in [6.45, 7) is 1.98. The Morgan fingerprint density at radius 2 is 2.25 bits per heavy atom. The molecule has 2 rings (SSSR count). The molecule has 1 aromatic heterocycles. The van der Waals surface area contributed by atoms with E-state index in [2.05, 4.69) is 4.98 Å². The molecule has 0 radical (unpaired) electrons. The van der Waals surface area contributed by atoms with Crippen molar-refractivity contribution in [2.45, 2.75) is 6.92 Å². The highest BCUT2D eigenvalue weighted by Gasteiger charge is 2.06. The molecule has 0 aliphatic carbocycles. The van der Waals surface area contributed by atoms with Crippen molar-refractivity contribution in [2.75, 3.05) is 7.11 Å². The number of carbonyl (C=O) groups excluding carboxylic acids is 1. The van der Waals surface area contributed by atoms with E-state index in [1.807, 2.05) is 30.5 Å². The van der Waals surface area contributed by atoms with Crippen LogP contribution in [0.1, 0.15) is 15.4 Å². The Kier molecular flexibility index (Phi) is 3.01. The van der Waals surface area contributed by atoms with Crippen molar-refractivity contribution in [1.29, 1.82) is 0 Å². The molecule has 0 bridgehead atoms. The first-order valence-electron chi connectivity index (χ1n) is 4.80. The summed E-state index contributed by atoms with van der Waals surface area (Å²) in [5, 5.41) is 2.38. The van der Waals surface area contributed by atoms with Gasteiger partial charge in [0.15, 0.2) is 11.3 Å². The summed E-state index contributed by atoms with van der Waals surface area (Å²) >= 11 is 1.35. The first kappa shape index (κ1) is 10.8. The van der Waals surface area contributed by atoms with Gasteiger partial charge in [-0.05, 0) is 30.7 Å². The Bertz CT molecular complexity index is 519. The number of thiazole rings is 1. The van der Waals surface area contributed by atoms with Crippen LogP contribution in [0.15, 0.2) is 23.6 Å². The number of methoxy groups -OCH3 is 1. The molecule has 0 spiro atoms. The first-order valence-corrected chi connectivity index (χ1v) is 5.68. The Morgan fingerprint density at radius 3 is 2.81 bits per heavy atom. The average molecular weight is 233 g/mol. The van der Waals surface area contributed by atoms with E-state index in [9.17, 15) is 4.79 Å². The van der Waals surface area contributed by atoms with Gasteiger partial charge in [-0.25, -0.2) is 4.98 Å². The normalized spacial score (nSPS) is 10.1. The Hall–Kier alpha value is -1.68. The molecule has 1 heterocycles. The van der Waals surface area contributed by atoms with Crippen molar-refractivity contribution in [3.63, 3.8) is 0 Å². The van der Waals surface area contributed by atoms with Gasteiger partial charge in [-0.3, -0.25) is 4.79 Å². The number of nitrogens with zero attached hydrogens (tertiary/aromatic N) is 1. The molecule has 0 aliphatic heterocycles. The fraction of sp³-hybridized carbons (Fsp3) is 0.167. The van der Waals surface area contributed by atoms with Crippen molar-refractivity contribution < 1.29 is 9.53 Å². The van der Waals surface area contributed by atoms with E-state index in [4.69, 9.17) is 4.74 Å². The standard InChI is InChI=1S/C12H11NO2S/c1-8-5-9(3-4-11(8)15-2)10-7-16-12(6-14)13-10/h3-7H,1-2H3. The molecule has 2 aromatic rings. The number of rotatable bonds is 3. The minimum atomic E-state index is 0.503. The molecule has 16 heavy (non-hydrogen) atoms. The van der Waals surface area contributed by atoms with E-state index in [0.717, 1.165) is 28.9 Å². The van der Waals surface area contributed by atoms with Gasteiger partial charge in [0, 0.05) is 10.9 Å². The third-order valence-corrected chi connectivity index (χ3v) is 3.08. The topological polar surface area (TPSA) is 39.2 Å². The zero-order chi connectivity index (χ0) is 11.5. The molecule has 0 unspecified atom stereocenters.